The van der Waals surface area contributed by atoms with Crippen molar-refractivity contribution in [2.24, 2.45) is 0 Å². The summed E-state index contributed by atoms with van der Waals surface area (Å²) in [4.78, 5) is 0. The number of likely N-dealkylation sites (N-methyl/N-ethyl adjacent to an activating group) is 1. The molecule has 17 heavy (non-hydrogen) atoms. The summed E-state index contributed by atoms with van der Waals surface area (Å²) in [6, 6.07) is 3.94. The van der Waals surface area contributed by atoms with Crippen molar-refractivity contribution in [3.63, 3.8) is 0 Å². The normalized spacial score (nSPS) is 12.5. The molecule has 4 heteroatoms. The first-order valence-corrected chi connectivity index (χ1v) is 5.99. The maximum atomic E-state index is 6.16. The molecule has 0 aliphatic rings. The minimum atomic E-state index is 0.299. The highest BCUT2D eigenvalue weighted by molar-refractivity contribution is 6.32. The summed E-state index contributed by atoms with van der Waals surface area (Å²) in [5.41, 5.74) is 2.37. The van der Waals surface area contributed by atoms with E-state index >= 15 is 0 Å². The lowest BCUT2D eigenvalue weighted by Gasteiger charge is -2.19. The average Bonchev–Trinajstić information content (AvgIpc) is 2.31. The van der Waals surface area contributed by atoms with Gasteiger partial charge in [-0.1, -0.05) is 11.6 Å². The van der Waals surface area contributed by atoms with Gasteiger partial charge in [0.2, 0.25) is 0 Å². The van der Waals surface area contributed by atoms with E-state index < -0.39 is 0 Å². The molecule has 0 spiro atoms. The lowest BCUT2D eigenvalue weighted by molar-refractivity contribution is 0.178. The highest BCUT2D eigenvalue weighted by Crippen LogP contribution is 2.31. The van der Waals surface area contributed by atoms with Gasteiger partial charge in [0.15, 0.2) is 0 Å². The molecule has 3 nitrogen and oxygen atoms in total. The van der Waals surface area contributed by atoms with Gasteiger partial charge < -0.3 is 14.8 Å². The minimum absolute atomic E-state index is 0.299. The smallest absolute Gasteiger partial charge is 0.137 e. The number of rotatable bonds is 6. The lowest BCUT2D eigenvalue weighted by Crippen LogP contribution is -2.21. The van der Waals surface area contributed by atoms with Crippen LogP contribution < -0.4 is 10.1 Å². The maximum absolute atomic E-state index is 6.16. The molecule has 1 rings (SSSR count). The van der Waals surface area contributed by atoms with Crippen LogP contribution in [0, 0.1) is 6.92 Å². The Labute approximate surface area is 108 Å². The molecule has 0 aliphatic heterocycles. The third-order valence-corrected chi connectivity index (χ3v) is 3.09. The van der Waals surface area contributed by atoms with E-state index in [-0.39, 0.29) is 0 Å². The maximum Gasteiger partial charge on any atom is 0.137 e. The SMILES string of the molecule is CNCC(COC)c1cc(Cl)c(OC)cc1C. The van der Waals surface area contributed by atoms with Gasteiger partial charge in [0, 0.05) is 19.6 Å². The van der Waals surface area contributed by atoms with E-state index in [4.69, 9.17) is 21.1 Å². The second-order valence-corrected chi connectivity index (χ2v) is 4.46. The van der Waals surface area contributed by atoms with Crippen LogP contribution in [0.2, 0.25) is 5.02 Å². The Balaban J connectivity index is 3.05. The molecule has 0 bridgehead atoms. The van der Waals surface area contributed by atoms with Crippen LogP contribution in [0.5, 0.6) is 5.75 Å². The molecule has 0 aromatic heterocycles. The van der Waals surface area contributed by atoms with E-state index in [1.807, 2.05) is 19.2 Å². The number of hydrogen-bond acceptors (Lipinski definition) is 3. The summed E-state index contributed by atoms with van der Waals surface area (Å²) in [6.45, 7) is 3.59. The Bertz CT molecular complexity index is 363. The van der Waals surface area contributed by atoms with E-state index in [0.717, 1.165) is 6.54 Å². The predicted molar refractivity (Wildman–Crippen MR) is 71.3 cm³/mol. The van der Waals surface area contributed by atoms with E-state index in [1.165, 1.54) is 11.1 Å². The second-order valence-electron chi connectivity index (χ2n) is 4.05. The lowest BCUT2D eigenvalue weighted by atomic mass is 9.95. The molecule has 0 amide bonds. The number of nitrogens with one attached hydrogen (secondary N) is 1. The number of ether oxygens (including phenoxy) is 2. The zero-order valence-electron chi connectivity index (χ0n) is 10.8. The highest BCUT2D eigenvalue weighted by atomic mass is 35.5. The fourth-order valence-electron chi connectivity index (χ4n) is 1.97. The summed E-state index contributed by atoms with van der Waals surface area (Å²) in [5, 5.41) is 3.82. The van der Waals surface area contributed by atoms with Crippen LogP contribution in [0.3, 0.4) is 0 Å². The number of benzene rings is 1. The number of aryl methyl sites for hydroxylation is 1. The van der Waals surface area contributed by atoms with Crippen molar-refractivity contribution in [1.29, 1.82) is 0 Å². The molecule has 1 N–H and O–H groups in total. The van der Waals surface area contributed by atoms with Gasteiger partial charge in [-0.25, -0.2) is 0 Å². The quantitative estimate of drug-likeness (QED) is 0.850. The third kappa shape index (κ3) is 3.60. The molecule has 1 atom stereocenters. The van der Waals surface area contributed by atoms with Crippen LogP contribution in [-0.2, 0) is 4.74 Å². The summed E-state index contributed by atoms with van der Waals surface area (Å²) >= 11 is 6.16. The van der Waals surface area contributed by atoms with E-state index in [0.29, 0.717) is 23.3 Å². The first-order valence-electron chi connectivity index (χ1n) is 5.61. The summed E-state index contributed by atoms with van der Waals surface area (Å²) in [6.07, 6.45) is 0. The molecular formula is C13H20ClNO2. The van der Waals surface area contributed by atoms with Crippen LogP contribution in [0.4, 0.5) is 0 Å². The Hall–Kier alpha value is -0.770. The summed E-state index contributed by atoms with van der Waals surface area (Å²) in [5.74, 6) is 1.02. The van der Waals surface area contributed by atoms with Gasteiger partial charge in [-0.05, 0) is 37.2 Å². The first-order chi connectivity index (χ1) is 8.13. The Morgan fingerprint density at radius 1 is 1.35 bits per heavy atom. The van der Waals surface area contributed by atoms with Crippen molar-refractivity contribution >= 4 is 11.6 Å². The molecule has 1 unspecified atom stereocenters. The van der Waals surface area contributed by atoms with Gasteiger partial charge in [0.05, 0.1) is 18.7 Å². The zero-order valence-corrected chi connectivity index (χ0v) is 11.6. The van der Waals surface area contributed by atoms with Gasteiger partial charge in [-0.15, -0.1) is 0 Å². The zero-order chi connectivity index (χ0) is 12.8. The fourth-order valence-corrected chi connectivity index (χ4v) is 2.22. The molecule has 1 aromatic rings. The molecule has 96 valence electrons. The molecule has 0 heterocycles. The van der Waals surface area contributed by atoms with Crippen molar-refractivity contribution < 1.29 is 9.47 Å². The van der Waals surface area contributed by atoms with Crippen LogP contribution in [0.1, 0.15) is 17.0 Å². The van der Waals surface area contributed by atoms with Gasteiger partial charge in [-0.2, -0.15) is 0 Å². The molecule has 1 aromatic carbocycles. The van der Waals surface area contributed by atoms with Crippen LogP contribution in [0.25, 0.3) is 0 Å². The van der Waals surface area contributed by atoms with Gasteiger partial charge in [0.25, 0.3) is 0 Å². The third-order valence-electron chi connectivity index (χ3n) is 2.80. The van der Waals surface area contributed by atoms with E-state index in [9.17, 15) is 0 Å². The standard InChI is InChI=1S/C13H20ClNO2/c1-9-5-13(17-4)12(14)6-11(9)10(7-15-2)8-16-3/h5-6,10,15H,7-8H2,1-4H3. The van der Waals surface area contributed by atoms with Crippen molar-refractivity contribution in [3.8, 4) is 5.75 Å². The molecule has 0 saturated carbocycles. The molecule has 0 radical (unpaired) electrons. The number of methoxy groups -OCH3 is 2. The Morgan fingerprint density at radius 2 is 2.06 bits per heavy atom. The average molecular weight is 258 g/mol. The van der Waals surface area contributed by atoms with Crippen molar-refractivity contribution in [2.75, 3.05) is 34.4 Å². The van der Waals surface area contributed by atoms with Gasteiger partial charge in [-0.3, -0.25) is 0 Å². The molecule has 0 aliphatic carbocycles. The predicted octanol–water partition coefficient (Wildman–Crippen LogP) is 2.61. The minimum Gasteiger partial charge on any atom is -0.495 e. The van der Waals surface area contributed by atoms with Crippen LogP contribution in [0.15, 0.2) is 12.1 Å². The van der Waals surface area contributed by atoms with Gasteiger partial charge >= 0.3 is 0 Å². The van der Waals surface area contributed by atoms with Crippen molar-refractivity contribution in [1.82, 2.24) is 5.32 Å². The Morgan fingerprint density at radius 3 is 2.59 bits per heavy atom. The first kappa shape index (κ1) is 14.3. The van der Waals surface area contributed by atoms with Crippen molar-refractivity contribution in [3.05, 3.63) is 28.3 Å². The molecular weight excluding hydrogens is 238 g/mol. The monoisotopic (exact) mass is 257 g/mol. The number of halogens is 1. The summed E-state index contributed by atoms with van der Waals surface area (Å²) in [7, 11) is 5.27. The van der Waals surface area contributed by atoms with Crippen LogP contribution in [-0.4, -0.2) is 34.4 Å². The fraction of sp³-hybridized carbons (Fsp3) is 0.538. The van der Waals surface area contributed by atoms with Crippen LogP contribution >= 0.6 is 11.6 Å². The van der Waals surface area contributed by atoms with Gasteiger partial charge in [0.1, 0.15) is 5.75 Å². The molecule has 0 fully saturated rings. The van der Waals surface area contributed by atoms with E-state index in [2.05, 4.69) is 12.2 Å². The second kappa shape index (κ2) is 6.84. The van der Waals surface area contributed by atoms with E-state index in [1.54, 1.807) is 14.2 Å². The molecule has 0 saturated heterocycles. The largest absolute Gasteiger partial charge is 0.495 e. The number of hydrogen-bond donors (Lipinski definition) is 1. The summed E-state index contributed by atoms with van der Waals surface area (Å²) < 4.78 is 10.4. The topological polar surface area (TPSA) is 30.5 Å². The Kier molecular flexibility index (Phi) is 5.75. The van der Waals surface area contributed by atoms with Crippen molar-refractivity contribution in [2.45, 2.75) is 12.8 Å². The highest BCUT2D eigenvalue weighted by Gasteiger charge is 2.15.